The molecule has 0 aliphatic carbocycles. The minimum Gasteiger partial charge on any atom is -0.455 e. The van der Waals surface area contributed by atoms with Crippen LogP contribution in [0.1, 0.15) is 19.3 Å². The number of para-hydroxylation sites is 3. The van der Waals surface area contributed by atoms with Crippen molar-refractivity contribution < 1.29 is 14.3 Å². The summed E-state index contributed by atoms with van der Waals surface area (Å²) >= 11 is 0. The van der Waals surface area contributed by atoms with Crippen molar-refractivity contribution in [3.05, 3.63) is 54.6 Å². The average Bonchev–Trinajstić information content (AvgIpc) is 2.87. The summed E-state index contributed by atoms with van der Waals surface area (Å²) in [6.45, 7) is 0.814. The summed E-state index contributed by atoms with van der Waals surface area (Å²) in [6.07, 6.45) is 2.55. The van der Waals surface area contributed by atoms with Crippen LogP contribution in [0.3, 0.4) is 0 Å². The van der Waals surface area contributed by atoms with Crippen LogP contribution in [-0.2, 0) is 9.59 Å². The van der Waals surface area contributed by atoms with Gasteiger partial charge in [-0.2, -0.15) is 0 Å². The minimum atomic E-state index is -0.454. The van der Waals surface area contributed by atoms with Gasteiger partial charge in [0, 0.05) is 13.6 Å². The van der Waals surface area contributed by atoms with Crippen molar-refractivity contribution >= 4 is 17.5 Å². The molecule has 2 aromatic rings. The molecule has 0 spiro atoms. The lowest BCUT2D eigenvalue weighted by atomic mass is 10.1. The van der Waals surface area contributed by atoms with Crippen LogP contribution >= 0.6 is 0 Å². The third-order valence-corrected chi connectivity index (χ3v) is 4.50. The molecule has 3 rings (SSSR count). The fourth-order valence-electron chi connectivity index (χ4n) is 3.09. The molecule has 1 fully saturated rings. The molecule has 2 aromatic carbocycles. The van der Waals surface area contributed by atoms with E-state index in [-0.39, 0.29) is 18.4 Å². The van der Waals surface area contributed by atoms with Crippen LogP contribution < -0.4 is 20.3 Å². The number of hydrogen-bond donors (Lipinski definition) is 2. The van der Waals surface area contributed by atoms with Crippen LogP contribution in [0.4, 0.5) is 5.69 Å². The Morgan fingerprint density at radius 2 is 1.89 bits per heavy atom. The fraction of sp³-hybridized carbons (Fsp3) is 0.333. The van der Waals surface area contributed by atoms with E-state index in [1.807, 2.05) is 66.5 Å². The highest BCUT2D eigenvalue weighted by molar-refractivity contribution is 5.89. The van der Waals surface area contributed by atoms with Gasteiger partial charge in [0.25, 0.3) is 0 Å². The van der Waals surface area contributed by atoms with Crippen molar-refractivity contribution in [2.75, 3.05) is 25.0 Å². The van der Waals surface area contributed by atoms with Crippen molar-refractivity contribution in [2.45, 2.75) is 25.3 Å². The molecule has 2 amide bonds. The Kier molecular flexibility index (Phi) is 6.30. The van der Waals surface area contributed by atoms with Gasteiger partial charge in [0.05, 0.1) is 12.2 Å². The number of carbonyl (C=O) groups excluding carboxylic acids is 2. The zero-order chi connectivity index (χ0) is 19.1. The summed E-state index contributed by atoms with van der Waals surface area (Å²) in [5.41, 5.74) is 0.807. The van der Waals surface area contributed by atoms with Crippen LogP contribution in [0.5, 0.6) is 11.5 Å². The first-order valence-corrected chi connectivity index (χ1v) is 9.23. The molecule has 1 heterocycles. The van der Waals surface area contributed by atoms with E-state index in [2.05, 4.69) is 10.6 Å². The Bertz CT molecular complexity index is 779. The second-order valence-electron chi connectivity index (χ2n) is 6.65. The lowest BCUT2D eigenvalue weighted by Gasteiger charge is -2.23. The van der Waals surface area contributed by atoms with Crippen molar-refractivity contribution in [3.63, 3.8) is 0 Å². The Balaban J connectivity index is 1.64. The summed E-state index contributed by atoms with van der Waals surface area (Å²) in [6, 6.07) is 16.6. The summed E-state index contributed by atoms with van der Waals surface area (Å²) < 4.78 is 5.96. The Morgan fingerprint density at radius 3 is 2.70 bits per heavy atom. The molecule has 1 saturated heterocycles. The summed E-state index contributed by atoms with van der Waals surface area (Å²) in [5, 5.41) is 5.68. The van der Waals surface area contributed by atoms with Crippen LogP contribution in [0.2, 0.25) is 0 Å². The molecular weight excluding hydrogens is 342 g/mol. The van der Waals surface area contributed by atoms with Gasteiger partial charge in [0.15, 0.2) is 5.75 Å². The first-order chi connectivity index (χ1) is 13.1. The number of amides is 2. The van der Waals surface area contributed by atoms with Gasteiger partial charge in [-0.1, -0.05) is 30.3 Å². The standard InChI is InChI=1S/C21H25N3O3/c1-24(15-20(25)23-17-11-7-8-14-22-21(17)26)18-12-5-6-13-19(18)27-16-9-3-2-4-10-16/h2-6,9-10,12-13,17H,7-8,11,14-15H2,1H3,(H,22,26)(H,23,25)/t17-/m0/s1. The lowest BCUT2D eigenvalue weighted by molar-refractivity contribution is -0.128. The molecule has 0 aromatic heterocycles. The van der Waals surface area contributed by atoms with E-state index in [1.54, 1.807) is 0 Å². The molecule has 142 valence electrons. The maximum absolute atomic E-state index is 12.4. The monoisotopic (exact) mass is 367 g/mol. The highest BCUT2D eigenvalue weighted by Crippen LogP contribution is 2.31. The number of carbonyl (C=O) groups is 2. The van der Waals surface area contributed by atoms with E-state index < -0.39 is 6.04 Å². The quantitative estimate of drug-likeness (QED) is 0.824. The van der Waals surface area contributed by atoms with Gasteiger partial charge in [-0.25, -0.2) is 0 Å². The smallest absolute Gasteiger partial charge is 0.242 e. The van der Waals surface area contributed by atoms with Gasteiger partial charge in [0.1, 0.15) is 11.8 Å². The molecule has 2 N–H and O–H groups in total. The molecule has 1 aliphatic heterocycles. The molecular formula is C21H25N3O3. The van der Waals surface area contributed by atoms with Gasteiger partial charge in [-0.05, 0) is 43.5 Å². The number of hydrogen-bond acceptors (Lipinski definition) is 4. The number of rotatable bonds is 6. The Hall–Kier alpha value is -3.02. The molecule has 0 unspecified atom stereocenters. The van der Waals surface area contributed by atoms with E-state index in [9.17, 15) is 9.59 Å². The fourth-order valence-corrected chi connectivity index (χ4v) is 3.09. The highest BCUT2D eigenvalue weighted by Gasteiger charge is 2.23. The van der Waals surface area contributed by atoms with Crippen LogP contribution in [0, 0.1) is 0 Å². The van der Waals surface area contributed by atoms with Crippen LogP contribution in [0.15, 0.2) is 54.6 Å². The van der Waals surface area contributed by atoms with Gasteiger partial charge in [-0.15, -0.1) is 0 Å². The largest absolute Gasteiger partial charge is 0.455 e. The Morgan fingerprint density at radius 1 is 1.15 bits per heavy atom. The molecule has 0 saturated carbocycles. The molecule has 1 aliphatic rings. The number of anilines is 1. The molecule has 6 heteroatoms. The molecule has 1 atom stereocenters. The second kappa shape index (κ2) is 9.07. The first-order valence-electron chi connectivity index (χ1n) is 9.23. The lowest BCUT2D eigenvalue weighted by Crippen LogP contribution is -2.48. The minimum absolute atomic E-state index is 0.101. The molecule has 0 radical (unpaired) electrons. The SMILES string of the molecule is CN(CC(=O)N[C@H]1CCCCNC1=O)c1ccccc1Oc1ccccc1. The number of nitrogens with one attached hydrogen (secondary N) is 2. The third kappa shape index (κ3) is 5.23. The second-order valence-corrected chi connectivity index (χ2v) is 6.65. The number of ether oxygens (including phenoxy) is 1. The summed E-state index contributed by atoms with van der Waals surface area (Å²) in [7, 11) is 1.83. The average molecular weight is 367 g/mol. The van der Waals surface area contributed by atoms with E-state index in [1.165, 1.54) is 0 Å². The van der Waals surface area contributed by atoms with Crippen molar-refractivity contribution in [1.82, 2.24) is 10.6 Å². The van der Waals surface area contributed by atoms with Crippen LogP contribution in [0.25, 0.3) is 0 Å². The normalized spacial score (nSPS) is 16.8. The van der Waals surface area contributed by atoms with E-state index in [0.717, 1.165) is 24.3 Å². The predicted molar refractivity (Wildman–Crippen MR) is 105 cm³/mol. The summed E-state index contributed by atoms with van der Waals surface area (Å²) in [4.78, 5) is 26.3. The van der Waals surface area contributed by atoms with Crippen molar-refractivity contribution in [3.8, 4) is 11.5 Å². The zero-order valence-electron chi connectivity index (χ0n) is 15.5. The van der Waals surface area contributed by atoms with Crippen molar-refractivity contribution in [1.29, 1.82) is 0 Å². The molecule has 6 nitrogen and oxygen atoms in total. The van der Waals surface area contributed by atoms with E-state index in [4.69, 9.17) is 4.74 Å². The van der Waals surface area contributed by atoms with E-state index >= 15 is 0 Å². The zero-order valence-corrected chi connectivity index (χ0v) is 15.5. The Labute approximate surface area is 159 Å². The van der Waals surface area contributed by atoms with E-state index in [0.29, 0.717) is 18.7 Å². The highest BCUT2D eigenvalue weighted by atomic mass is 16.5. The molecule has 0 bridgehead atoms. The summed E-state index contributed by atoms with van der Waals surface area (Å²) in [5.74, 6) is 1.12. The topological polar surface area (TPSA) is 70.7 Å². The van der Waals surface area contributed by atoms with Crippen LogP contribution in [-0.4, -0.2) is 38.0 Å². The maximum Gasteiger partial charge on any atom is 0.242 e. The maximum atomic E-state index is 12.4. The number of benzene rings is 2. The van der Waals surface area contributed by atoms with Gasteiger partial charge in [0.2, 0.25) is 11.8 Å². The first kappa shape index (κ1) is 18.8. The third-order valence-electron chi connectivity index (χ3n) is 4.50. The number of nitrogens with zero attached hydrogens (tertiary/aromatic N) is 1. The molecule has 27 heavy (non-hydrogen) atoms. The van der Waals surface area contributed by atoms with Crippen molar-refractivity contribution in [2.24, 2.45) is 0 Å². The number of likely N-dealkylation sites (N-methyl/N-ethyl adjacent to an activating group) is 1. The predicted octanol–water partition coefficient (Wildman–Crippen LogP) is 2.70. The van der Waals surface area contributed by atoms with Gasteiger partial charge >= 0.3 is 0 Å². The van der Waals surface area contributed by atoms with Gasteiger partial charge < -0.3 is 20.3 Å². The van der Waals surface area contributed by atoms with Gasteiger partial charge in [-0.3, -0.25) is 9.59 Å².